The van der Waals surface area contributed by atoms with E-state index in [0.717, 1.165) is 49.9 Å². The van der Waals surface area contributed by atoms with Crippen LogP contribution in [0.25, 0.3) is 55.6 Å². The molecule has 0 heterocycles. The van der Waals surface area contributed by atoms with Gasteiger partial charge >= 0.3 is 0 Å². The van der Waals surface area contributed by atoms with Crippen molar-refractivity contribution in [3.05, 3.63) is 282 Å². The molecule has 6 atom stereocenters. The number of nitrogens with zero attached hydrogens (tertiary/aromatic N) is 1. The maximum absolute atomic E-state index is 2.73. The molecule has 6 bridgehead atoms. The summed E-state index contributed by atoms with van der Waals surface area (Å²) < 4.78 is 0. The molecule has 0 aliphatic heterocycles. The van der Waals surface area contributed by atoms with Gasteiger partial charge in [-0.2, -0.15) is 0 Å². The van der Waals surface area contributed by atoms with Crippen LogP contribution in [-0.2, 0) is 10.8 Å². The highest BCUT2D eigenvalue weighted by Crippen LogP contribution is 2.70. The smallest absolute Gasteiger partial charge is 0.0465 e. The third-order valence-corrected chi connectivity index (χ3v) is 19.4. The van der Waals surface area contributed by atoms with Crippen LogP contribution in [0.15, 0.2) is 249 Å². The van der Waals surface area contributed by atoms with Gasteiger partial charge in [-0.1, -0.05) is 219 Å². The van der Waals surface area contributed by atoms with E-state index in [9.17, 15) is 0 Å². The van der Waals surface area contributed by atoms with Crippen molar-refractivity contribution in [2.75, 3.05) is 4.90 Å². The van der Waals surface area contributed by atoms with E-state index in [1.165, 1.54) is 91.7 Å². The summed E-state index contributed by atoms with van der Waals surface area (Å²) >= 11 is 0. The second-order valence-electron chi connectivity index (χ2n) is 23.0. The number of anilines is 3. The molecule has 2 saturated carbocycles. The lowest BCUT2D eigenvalue weighted by molar-refractivity contribution is 0.182. The molecule has 15 rings (SSSR count). The number of benzene rings is 10. The predicted molar refractivity (Wildman–Crippen MR) is 317 cm³/mol. The molecule has 1 heteroatoms. The number of hydrogen-bond acceptors (Lipinski definition) is 1. The lowest BCUT2D eigenvalue weighted by atomic mass is 9.50. The van der Waals surface area contributed by atoms with Crippen molar-refractivity contribution in [3.8, 4) is 55.6 Å². The molecule has 0 radical (unpaired) electrons. The van der Waals surface area contributed by atoms with Crippen molar-refractivity contribution in [1.82, 2.24) is 0 Å². The van der Waals surface area contributed by atoms with Crippen molar-refractivity contribution < 1.29 is 0 Å². The van der Waals surface area contributed by atoms with Gasteiger partial charge in [0.1, 0.15) is 0 Å². The largest absolute Gasteiger partial charge is 0.310 e. The van der Waals surface area contributed by atoms with Gasteiger partial charge in [-0.3, -0.25) is 0 Å². The van der Waals surface area contributed by atoms with Gasteiger partial charge in [0.25, 0.3) is 0 Å². The zero-order chi connectivity index (χ0) is 50.2. The molecule has 5 aliphatic carbocycles. The summed E-state index contributed by atoms with van der Waals surface area (Å²) in [7, 11) is 0. The molecule has 5 aliphatic rings. The normalized spacial score (nSPS) is 22.6. The van der Waals surface area contributed by atoms with Gasteiger partial charge in [-0.15, -0.1) is 0 Å². The summed E-state index contributed by atoms with van der Waals surface area (Å²) in [5.41, 5.74) is 25.9. The summed E-state index contributed by atoms with van der Waals surface area (Å²) in [5.74, 6) is 1.45. The molecule has 0 N–H and O–H groups in total. The van der Waals surface area contributed by atoms with E-state index >= 15 is 0 Å². The topological polar surface area (TPSA) is 3.24 Å². The molecule has 10 aromatic carbocycles. The van der Waals surface area contributed by atoms with Gasteiger partial charge in [-0.05, 0) is 195 Å². The Morgan fingerprint density at radius 3 is 1.26 bits per heavy atom. The fourth-order valence-corrected chi connectivity index (χ4v) is 16.3. The van der Waals surface area contributed by atoms with Crippen molar-refractivity contribution in [3.63, 3.8) is 0 Å². The molecule has 1 nitrogen and oxygen atoms in total. The highest BCUT2D eigenvalue weighted by atomic mass is 15.1. The molecule has 2 fully saturated rings. The van der Waals surface area contributed by atoms with E-state index in [2.05, 4.69) is 254 Å². The SMILES string of the molecule is c1ccc(-c2ccc(N(c3ccc(-c4ccccc4)cc3)c3ccc4c(c3)C35CCC6CCCC7CC(CC(CC3)c3ccccc3-4)(c3ccccc3-c3ccccc37)C5c3ccccc3-c3ccccc36)cc2)cc1. The van der Waals surface area contributed by atoms with E-state index < -0.39 is 0 Å². The molecule has 0 saturated heterocycles. The van der Waals surface area contributed by atoms with Gasteiger partial charge in [0.2, 0.25) is 0 Å². The lowest BCUT2D eigenvalue weighted by Gasteiger charge is -2.53. The second kappa shape index (κ2) is 18.4. The monoisotopic (exact) mass is 977 g/mol. The molecule has 6 unspecified atom stereocenters. The minimum atomic E-state index is -0.234. The fourth-order valence-electron chi connectivity index (χ4n) is 16.3. The first-order valence-corrected chi connectivity index (χ1v) is 28.4. The first kappa shape index (κ1) is 45.4. The fraction of sp³-hybridized carbons (Fsp3) is 0.200. The minimum absolute atomic E-state index is 0.177. The zero-order valence-electron chi connectivity index (χ0n) is 43.3. The van der Waals surface area contributed by atoms with Crippen LogP contribution >= 0.6 is 0 Å². The number of hydrogen-bond donors (Lipinski definition) is 0. The van der Waals surface area contributed by atoms with Crippen LogP contribution in [-0.4, -0.2) is 0 Å². The summed E-state index contributed by atoms with van der Waals surface area (Å²) in [4.78, 5) is 2.55. The van der Waals surface area contributed by atoms with Crippen LogP contribution in [0.2, 0.25) is 0 Å². The van der Waals surface area contributed by atoms with E-state index in [1.54, 1.807) is 22.3 Å². The molecular formula is C75H63N. The Hall–Kier alpha value is -8.00. The Morgan fingerprint density at radius 1 is 0.289 bits per heavy atom. The van der Waals surface area contributed by atoms with Gasteiger partial charge < -0.3 is 4.90 Å². The highest BCUT2D eigenvalue weighted by Gasteiger charge is 2.60. The van der Waals surface area contributed by atoms with Gasteiger partial charge in [-0.25, -0.2) is 0 Å². The summed E-state index contributed by atoms with van der Waals surface area (Å²) in [5, 5.41) is 0. The second-order valence-corrected chi connectivity index (χ2v) is 23.0. The molecule has 10 aromatic rings. The van der Waals surface area contributed by atoms with Crippen molar-refractivity contribution in [1.29, 1.82) is 0 Å². The molecule has 0 amide bonds. The Kier molecular flexibility index (Phi) is 11.0. The van der Waals surface area contributed by atoms with E-state index in [0.29, 0.717) is 17.8 Å². The lowest BCUT2D eigenvalue weighted by Crippen LogP contribution is -2.46. The average molecular weight is 978 g/mol. The summed E-state index contributed by atoms with van der Waals surface area (Å²) in [6.07, 6.45) is 10.4. The average Bonchev–Trinajstić information content (AvgIpc) is 3.69. The van der Waals surface area contributed by atoms with E-state index in [-0.39, 0.29) is 16.7 Å². The van der Waals surface area contributed by atoms with Gasteiger partial charge in [0.15, 0.2) is 0 Å². The molecule has 2 spiro atoms. The summed E-state index contributed by atoms with van der Waals surface area (Å²) in [6.45, 7) is 0. The Labute approximate surface area is 449 Å². The molecular weight excluding hydrogens is 915 g/mol. The van der Waals surface area contributed by atoms with Crippen LogP contribution < -0.4 is 4.90 Å². The quantitative estimate of drug-likeness (QED) is 0.166. The van der Waals surface area contributed by atoms with Crippen LogP contribution in [0.5, 0.6) is 0 Å². The molecule has 76 heavy (non-hydrogen) atoms. The third kappa shape index (κ3) is 7.26. The third-order valence-electron chi connectivity index (χ3n) is 19.4. The van der Waals surface area contributed by atoms with E-state index in [1.807, 2.05) is 0 Å². The van der Waals surface area contributed by atoms with Crippen molar-refractivity contribution >= 4 is 17.1 Å². The minimum Gasteiger partial charge on any atom is -0.310 e. The highest BCUT2D eigenvalue weighted by molar-refractivity contribution is 5.85. The summed E-state index contributed by atoms with van der Waals surface area (Å²) in [6, 6.07) is 96.6. The first-order valence-electron chi connectivity index (χ1n) is 28.4. The van der Waals surface area contributed by atoms with Gasteiger partial charge in [0.05, 0.1) is 0 Å². The van der Waals surface area contributed by atoms with Crippen molar-refractivity contribution in [2.45, 2.75) is 92.3 Å². The Balaban J connectivity index is 1.04. The molecule has 0 aromatic heterocycles. The zero-order valence-corrected chi connectivity index (χ0v) is 43.3. The Morgan fingerprint density at radius 2 is 0.684 bits per heavy atom. The first-order chi connectivity index (χ1) is 37.6. The van der Waals surface area contributed by atoms with Crippen molar-refractivity contribution in [2.24, 2.45) is 0 Å². The van der Waals surface area contributed by atoms with Crippen LogP contribution in [0, 0.1) is 0 Å². The number of rotatable bonds is 5. The number of fused-ring (bicyclic) bond motifs is 17. The maximum atomic E-state index is 2.73. The predicted octanol–water partition coefficient (Wildman–Crippen LogP) is 20.3. The Bertz CT molecular complexity index is 3690. The van der Waals surface area contributed by atoms with Gasteiger partial charge in [0, 0.05) is 33.8 Å². The van der Waals surface area contributed by atoms with Crippen LogP contribution in [0.3, 0.4) is 0 Å². The molecule has 368 valence electrons. The maximum Gasteiger partial charge on any atom is 0.0465 e. The van der Waals surface area contributed by atoms with E-state index in [4.69, 9.17) is 0 Å². The standard InChI is InChI=1S/C75H63N/c1-3-18-51(19-4-1)53-34-38-58(39-35-53)76(59-40-36-54(37-41-59)52-20-5-2-6-21-52)60-42-43-69-66-29-12-9-26-63(66)57-45-47-74(72(69)48-60)46-44-55-22-17-23-56-49-75(50-57,71-33-16-15-31-68(71)65-28-11-8-25-62(56)65)73(74)70-32-14-13-30-67(70)64-27-10-7-24-61(55)64/h1-16,18-21,24-43,48,55-57,73H,17,22-23,44-47,49-50H2. The van der Waals surface area contributed by atoms with Crippen LogP contribution in [0.4, 0.5) is 17.1 Å². The van der Waals surface area contributed by atoms with Crippen LogP contribution in [0.1, 0.15) is 115 Å².